The van der Waals surface area contributed by atoms with Crippen molar-refractivity contribution in [3.63, 3.8) is 0 Å². The molecule has 0 aliphatic rings. The predicted molar refractivity (Wildman–Crippen MR) is 71.8 cm³/mol. The van der Waals surface area contributed by atoms with Gasteiger partial charge in [-0.2, -0.15) is 0 Å². The van der Waals surface area contributed by atoms with Crippen LogP contribution in [-0.4, -0.2) is 17.6 Å². The van der Waals surface area contributed by atoms with E-state index in [1.54, 1.807) is 6.07 Å². The molecule has 0 saturated heterocycles. The molecular formula is C15H13F2NO3. The lowest BCUT2D eigenvalue weighted by Crippen LogP contribution is -2.14. The molecule has 0 heterocycles. The van der Waals surface area contributed by atoms with Crippen LogP contribution in [0.5, 0.6) is 5.75 Å². The van der Waals surface area contributed by atoms with Crippen LogP contribution in [0.3, 0.4) is 0 Å². The molecule has 21 heavy (non-hydrogen) atoms. The summed E-state index contributed by atoms with van der Waals surface area (Å²) < 4.78 is 32.2. The Hall–Kier alpha value is -2.47. The van der Waals surface area contributed by atoms with E-state index in [0.29, 0.717) is 0 Å². The first-order valence-corrected chi connectivity index (χ1v) is 6.13. The van der Waals surface area contributed by atoms with Crippen LogP contribution < -0.4 is 10.5 Å². The smallest absolute Gasteiger partial charge is 0.248 e. The standard InChI is InChI=1S/C15H13F2NO3/c16-11-5-2-6-12(17)14(11)13(19)8-21-10-4-1-3-9(7-10)15(18)20/h1-7,13,19H,8H2,(H2,18,20). The van der Waals surface area contributed by atoms with Gasteiger partial charge < -0.3 is 15.6 Å². The van der Waals surface area contributed by atoms with Gasteiger partial charge in [0.25, 0.3) is 0 Å². The second-order valence-corrected chi connectivity index (χ2v) is 4.35. The van der Waals surface area contributed by atoms with Crippen LogP contribution in [0.1, 0.15) is 22.0 Å². The summed E-state index contributed by atoms with van der Waals surface area (Å²) >= 11 is 0. The summed E-state index contributed by atoms with van der Waals surface area (Å²) in [6, 6.07) is 9.28. The number of halogens is 2. The van der Waals surface area contributed by atoms with E-state index in [1.165, 1.54) is 24.3 Å². The number of benzene rings is 2. The monoisotopic (exact) mass is 293 g/mol. The minimum Gasteiger partial charge on any atom is -0.491 e. The van der Waals surface area contributed by atoms with E-state index in [4.69, 9.17) is 10.5 Å². The van der Waals surface area contributed by atoms with Gasteiger partial charge in [0.2, 0.25) is 5.91 Å². The molecule has 0 fully saturated rings. The molecule has 1 unspecified atom stereocenters. The third kappa shape index (κ3) is 3.55. The van der Waals surface area contributed by atoms with E-state index in [-0.39, 0.29) is 17.9 Å². The number of carbonyl (C=O) groups is 1. The third-order valence-corrected chi connectivity index (χ3v) is 2.86. The van der Waals surface area contributed by atoms with E-state index in [9.17, 15) is 18.7 Å². The second-order valence-electron chi connectivity index (χ2n) is 4.35. The fourth-order valence-corrected chi connectivity index (χ4v) is 1.83. The topological polar surface area (TPSA) is 72.6 Å². The molecule has 2 aromatic rings. The SMILES string of the molecule is NC(=O)c1cccc(OCC(O)c2c(F)cccc2F)c1. The summed E-state index contributed by atoms with van der Waals surface area (Å²) in [5.41, 5.74) is 4.91. The van der Waals surface area contributed by atoms with Gasteiger partial charge in [0, 0.05) is 5.56 Å². The van der Waals surface area contributed by atoms with Crippen LogP contribution in [0.25, 0.3) is 0 Å². The number of carbonyl (C=O) groups excluding carboxylic acids is 1. The number of amides is 1. The van der Waals surface area contributed by atoms with Crippen molar-refractivity contribution in [2.45, 2.75) is 6.10 Å². The van der Waals surface area contributed by atoms with Gasteiger partial charge in [-0.05, 0) is 30.3 Å². The largest absolute Gasteiger partial charge is 0.491 e. The molecule has 4 nitrogen and oxygen atoms in total. The summed E-state index contributed by atoms with van der Waals surface area (Å²) in [5, 5.41) is 9.83. The molecule has 0 bridgehead atoms. The molecule has 1 amide bonds. The van der Waals surface area contributed by atoms with Crippen molar-refractivity contribution >= 4 is 5.91 Å². The fourth-order valence-electron chi connectivity index (χ4n) is 1.83. The van der Waals surface area contributed by atoms with Gasteiger partial charge in [0.1, 0.15) is 30.1 Å². The Morgan fingerprint density at radius 2 is 1.81 bits per heavy atom. The number of aliphatic hydroxyl groups excluding tert-OH is 1. The highest BCUT2D eigenvalue weighted by Gasteiger charge is 2.18. The van der Waals surface area contributed by atoms with Crippen LogP contribution >= 0.6 is 0 Å². The molecular weight excluding hydrogens is 280 g/mol. The highest BCUT2D eigenvalue weighted by Crippen LogP contribution is 2.22. The van der Waals surface area contributed by atoms with E-state index in [0.717, 1.165) is 12.1 Å². The molecule has 0 aliphatic carbocycles. The molecule has 0 aromatic heterocycles. The first-order valence-electron chi connectivity index (χ1n) is 6.13. The van der Waals surface area contributed by atoms with E-state index >= 15 is 0 Å². The van der Waals surface area contributed by atoms with Crippen LogP contribution in [0, 0.1) is 11.6 Å². The summed E-state index contributed by atoms with van der Waals surface area (Å²) in [5.74, 6) is -2.06. The minimum atomic E-state index is -1.47. The lowest BCUT2D eigenvalue weighted by Gasteiger charge is -2.14. The van der Waals surface area contributed by atoms with Gasteiger partial charge in [0.15, 0.2) is 0 Å². The molecule has 0 radical (unpaired) electrons. The quantitative estimate of drug-likeness (QED) is 0.887. The Balaban J connectivity index is 2.09. The van der Waals surface area contributed by atoms with Crippen molar-refractivity contribution < 1.29 is 23.4 Å². The number of hydrogen-bond donors (Lipinski definition) is 2. The maximum atomic E-state index is 13.5. The van der Waals surface area contributed by atoms with Crippen molar-refractivity contribution in [3.8, 4) is 5.75 Å². The minimum absolute atomic E-state index is 0.235. The summed E-state index contributed by atoms with van der Waals surface area (Å²) in [6.45, 7) is -0.361. The van der Waals surface area contributed by atoms with Gasteiger partial charge in [-0.15, -0.1) is 0 Å². The highest BCUT2D eigenvalue weighted by molar-refractivity contribution is 5.93. The van der Waals surface area contributed by atoms with Crippen molar-refractivity contribution in [2.24, 2.45) is 5.73 Å². The zero-order chi connectivity index (χ0) is 15.4. The highest BCUT2D eigenvalue weighted by atomic mass is 19.1. The van der Waals surface area contributed by atoms with Crippen LogP contribution in [0.15, 0.2) is 42.5 Å². The number of ether oxygens (including phenoxy) is 1. The number of rotatable bonds is 5. The molecule has 6 heteroatoms. The van der Waals surface area contributed by atoms with Crippen LogP contribution in [-0.2, 0) is 0 Å². The Bertz CT molecular complexity index is 641. The molecule has 2 aromatic carbocycles. The number of aliphatic hydroxyl groups is 1. The van der Waals surface area contributed by atoms with Gasteiger partial charge in [-0.25, -0.2) is 8.78 Å². The Labute approximate surface area is 119 Å². The van der Waals surface area contributed by atoms with Crippen molar-refractivity contribution in [1.29, 1.82) is 0 Å². The molecule has 1 atom stereocenters. The Morgan fingerprint density at radius 1 is 1.19 bits per heavy atom. The second kappa shape index (κ2) is 6.32. The summed E-state index contributed by atoms with van der Waals surface area (Å²) in [7, 11) is 0. The van der Waals surface area contributed by atoms with E-state index in [2.05, 4.69) is 0 Å². The molecule has 2 rings (SSSR count). The zero-order valence-electron chi connectivity index (χ0n) is 10.9. The van der Waals surface area contributed by atoms with Crippen molar-refractivity contribution in [3.05, 3.63) is 65.2 Å². The van der Waals surface area contributed by atoms with E-state index < -0.39 is 29.2 Å². The Morgan fingerprint density at radius 3 is 2.43 bits per heavy atom. The van der Waals surface area contributed by atoms with Crippen LogP contribution in [0.2, 0.25) is 0 Å². The van der Waals surface area contributed by atoms with Gasteiger partial charge >= 0.3 is 0 Å². The van der Waals surface area contributed by atoms with Crippen molar-refractivity contribution in [2.75, 3.05) is 6.61 Å². The summed E-state index contributed by atoms with van der Waals surface area (Å²) in [4.78, 5) is 11.0. The fraction of sp³-hybridized carbons (Fsp3) is 0.133. The molecule has 3 N–H and O–H groups in total. The predicted octanol–water partition coefficient (Wildman–Crippen LogP) is 2.18. The van der Waals surface area contributed by atoms with Gasteiger partial charge in [-0.3, -0.25) is 4.79 Å². The number of nitrogens with two attached hydrogens (primary N) is 1. The normalized spacial score (nSPS) is 12.0. The number of primary amides is 1. The zero-order valence-corrected chi connectivity index (χ0v) is 10.9. The third-order valence-electron chi connectivity index (χ3n) is 2.86. The molecule has 0 aliphatic heterocycles. The molecule has 110 valence electrons. The average molecular weight is 293 g/mol. The Kier molecular flexibility index (Phi) is 4.49. The molecule has 0 spiro atoms. The van der Waals surface area contributed by atoms with Gasteiger partial charge in [-0.1, -0.05) is 12.1 Å². The van der Waals surface area contributed by atoms with E-state index in [1.807, 2.05) is 0 Å². The maximum absolute atomic E-state index is 13.5. The number of hydrogen-bond acceptors (Lipinski definition) is 3. The summed E-state index contributed by atoms with van der Waals surface area (Å²) in [6.07, 6.45) is -1.47. The average Bonchev–Trinajstić information content (AvgIpc) is 2.45. The maximum Gasteiger partial charge on any atom is 0.248 e. The first kappa shape index (κ1) is 14.9. The van der Waals surface area contributed by atoms with Gasteiger partial charge in [0.05, 0.1) is 5.56 Å². The lowest BCUT2D eigenvalue weighted by atomic mass is 10.1. The first-order chi connectivity index (χ1) is 9.99. The van der Waals surface area contributed by atoms with Crippen molar-refractivity contribution in [1.82, 2.24) is 0 Å². The van der Waals surface area contributed by atoms with Crippen LogP contribution in [0.4, 0.5) is 8.78 Å². The molecule has 0 saturated carbocycles. The lowest BCUT2D eigenvalue weighted by molar-refractivity contribution is 0.0992.